The molecule has 0 aliphatic carbocycles. The summed E-state index contributed by atoms with van der Waals surface area (Å²) < 4.78 is 5.39. The SMILES string of the molecule is CN(CCC1CCOCC1)C(=O)c1cccc2ccccc12. The van der Waals surface area contributed by atoms with Crippen molar-refractivity contribution in [2.45, 2.75) is 19.3 Å². The molecule has 0 atom stereocenters. The number of hydrogen-bond donors (Lipinski definition) is 0. The molecule has 0 unspecified atom stereocenters. The Morgan fingerprint density at radius 3 is 2.68 bits per heavy atom. The third-order valence-electron chi connectivity index (χ3n) is 4.58. The topological polar surface area (TPSA) is 29.5 Å². The van der Waals surface area contributed by atoms with E-state index in [1.807, 2.05) is 54.4 Å². The number of carbonyl (C=O) groups is 1. The third kappa shape index (κ3) is 3.30. The molecule has 0 bridgehead atoms. The van der Waals surface area contributed by atoms with Crippen molar-refractivity contribution in [2.24, 2.45) is 5.92 Å². The van der Waals surface area contributed by atoms with Crippen LogP contribution in [-0.4, -0.2) is 37.6 Å². The summed E-state index contributed by atoms with van der Waals surface area (Å²) in [6.45, 7) is 2.55. The monoisotopic (exact) mass is 297 g/mol. The molecule has 0 radical (unpaired) electrons. The highest BCUT2D eigenvalue weighted by molar-refractivity contribution is 6.06. The molecule has 2 aromatic rings. The number of ether oxygens (including phenoxy) is 1. The van der Waals surface area contributed by atoms with Crippen molar-refractivity contribution in [1.82, 2.24) is 4.90 Å². The standard InChI is InChI=1S/C19H23NO2/c1-20(12-9-15-10-13-22-14-11-15)19(21)18-8-4-6-16-5-2-3-7-17(16)18/h2-8,15H,9-14H2,1H3. The molecule has 0 spiro atoms. The van der Waals surface area contributed by atoms with E-state index < -0.39 is 0 Å². The highest BCUT2D eigenvalue weighted by Gasteiger charge is 2.18. The highest BCUT2D eigenvalue weighted by atomic mass is 16.5. The highest BCUT2D eigenvalue weighted by Crippen LogP contribution is 2.21. The Hall–Kier alpha value is -1.87. The van der Waals surface area contributed by atoms with Crippen LogP contribution in [0.1, 0.15) is 29.6 Å². The van der Waals surface area contributed by atoms with Crippen molar-refractivity contribution in [3.8, 4) is 0 Å². The van der Waals surface area contributed by atoms with E-state index >= 15 is 0 Å². The summed E-state index contributed by atoms with van der Waals surface area (Å²) in [5.41, 5.74) is 0.799. The zero-order valence-electron chi connectivity index (χ0n) is 13.1. The number of nitrogens with zero attached hydrogens (tertiary/aromatic N) is 1. The van der Waals surface area contributed by atoms with E-state index in [1.54, 1.807) is 0 Å². The van der Waals surface area contributed by atoms with Crippen LogP contribution in [-0.2, 0) is 4.74 Å². The van der Waals surface area contributed by atoms with Gasteiger partial charge in [0.1, 0.15) is 0 Å². The smallest absolute Gasteiger partial charge is 0.254 e. The molecule has 0 saturated carbocycles. The first-order valence-corrected chi connectivity index (χ1v) is 8.06. The van der Waals surface area contributed by atoms with E-state index in [9.17, 15) is 4.79 Å². The van der Waals surface area contributed by atoms with Gasteiger partial charge in [0.15, 0.2) is 0 Å². The maximum Gasteiger partial charge on any atom is 0.254 e. The van der Waals surface area contributed by atoms with Crippen LogP contribution >= 0.6 is 0 Å². The van der Waals surface area contributed by atoms with Gasteiger partial charge in [0.05, 0.1) is 0 Å². The molecule has 1 saturated heterocycles. The molecule has 1 fully saturated rings. The second kappa shape index (κ2) is 6.93. The Kier molecular flexibility index (Phi) is 4.74. The summed E-state index contributed by atoms with van der Waals surface area (Å²) in [5.74, 6) is 0.806. The molecule has 0 N–H and O–H groups in total. The average molecular weight is 297 g/mol. The molecule has 22 heavy (non-hydrogen) atoms. The second-order valence-electron chi connectivity index (χ2n) is 6.10. The Labute approximate surface area is 131 Å². The molecule has 3 rings (SSSR count). The summed E-state index contributed by atoms with van der Waals surface area (Å²) in [6.07, 6.45) is 3.31. The first-order valence-electron chi connectivity index (χ1n) is 8.06. The van der Waals surface area contributed by atoms with Crippen molar-refractivity contribution in [3.63, 3.8) is 0 Å². The van der Waals surface area contributed by atoms with Crippen molar-refractivity contribution in [1.29, 1.82) is 0 Å². The zero-order valence-corrected chi connectivity index (χ0v) is 13.1. The lowest BCUT2D eigenvalue weighted by atomic mass is 9.96. The third-order valence-corrected chi connectivity index (χ3v) is 4.58. The predicted molar refractivity (Wildman–Crippen MR) is 89.1 cm³/mol. The predicted octanol–water partition coefficient (Wildman–Crippen LogP) is 3.73. The molecule has 3 heteroatoms. The molecule has 1 aliphatic heterocycles. The average Bonchev–Trinajstić information content (AvgIpc) is 2.59. The quantitative estimate of drug-likeness (QED) is 0.860. The number of amides is 1. The number of fused-ring (bicyclic) bond motifs is 1. The number of hydrogen-bond acceptors (Lipinski definition) is 2. The Balaban J connectivity index is 1.69. The van der Waals surface area contributed by atoms with Gasteiger partial charge in [-0.25, -0.2) is 0 Å². The van der Waals surface area contributed by atoms with Gasteiger partial charge in [0.2, 0.25) is 0 Å². The number of carbonyl (C=O) groups excluding carboxylic acids is 1. The molecule has 0 aromatic heterocycles. The van der Waals surface area contributed by atoms with E-state index in [-0.39, 0.29) is 5.91 Å². The molecule has 1 amide bonds. The van der Waals surface area contributed by atoms with E-state index in [0.29, 0.717) is 5.92 Å². The van der Waals surface area contributed by atoms with Crippen molar-refractivity contribution in [3.05, 3.63) is 48.0 Å². The normalized spacial score (nSPS) is 15.9. The maximum absolute atomic E-state index is 12.7. The largest absolute Gasteiger partial charge is 0.381 e. The van der Waals surface area contributed by atoms with E-state index in [4.69, 9.17) is 4.74 Å². The lowest BCUT2D eigenvalue weighted by Gasteiger charge is -2.25. The molecule has 1 aliphatic rings. The van der Waals surface area contributed by atoms with Gasteiger partial charge in [0.25, 0.3) is 5.91 Å². The van der Waals surface area contributed by atoms with Gasteiger partial charge in [-0.15, -0.1) is 0 Å². The first kappa shape index (κ1) is 15.0. The fraction of sp³-hybridized carbons (Fsp3) is 0.421. The van der Waals surface area contributed by atoms with Gasteiger partial charge in [-0.1, -0.05) is 36.4 Å². The molecular weight excluding hydrogens is 274 g/mol. The fourth-order valence-corrected chi connectivity index (χ4v) is 3.13. The van der Waals surface area contributed by atoms with Gasteiger partial charge in [0, 0.05) is 32.4 Å². The van der Waals surface area contributed by atoms with E-state index in [0.717, 1.165) is 55.4 Å². The van der Waals surface area contributed by atoms with Crippen molar-refractivity contribution in [2.75, 3.05) is 26.8 Å². The maximum atomic E-state index is 12.7. The summed E-state index contributed by atoms with van der Waals surface area (Å²) >= 11 is 0. The lowest BCUT2D eigenvalue weighted by Crippen LogP contribution is -2.30. The second-order valence-corrected chi connectivity index (χ2v) is 6.10. The van der Waals surface area contributed by atoms with Crippen molar-refractivity contribution >= 4 is 16.7 Å². The van der Waals surface area contributed by atoms with Gasteiger partial charge in [-0.3, -0.25) is 4.79 Å². The molecule has 1 heterocycles. The van der Waals surface area contributed by atoms with E-state index in [1.165, 1.54) is 0 Å². The minimum atomic E-state index is 0.115. The van der Waals surface area contributed by atoms with Gasteiger partial charge < -0.3 is 9.64 Å². The minimum absolute atomic E-state index is 0.115. The minimum Gasteiger partial charge on any atom is -0.381 e. The van der Waals surface area contributed by atoms with E-state index in [2.05, 4.69) is 0 Å². The Morgan fingerprint density at radius 2 is 1.86 bits per heavy atom. The summed E-state index contributed by atoms with van der Waals surface area (Å²) in [7, 11) is 1.91. The zero-order chi connectivity index (χ0) is 15.4. The lowest BCUT2D eigenvalue weighted by molar-refractivity contribution is 0.0584. The van der Waals surface area contributed by atoms with Crippen LogP contribution in [0.4, 0.5) is 0 Å². The van der Waals surface area contributed by atoms with Crippen LogP contribution < -0.4 is 0 Å². The summed E-state index contributed by atoms with van der Waals surface area (Å²) in [4.78, 5) is 14.6. The molecule has 3 nitrogen and oxygen atoms in total. The van der Waals surface area contributed by atoms with Crippen LogP contribution in [0.5, 0.6) is 0 Å². The summed E-state index contributed by atoms with van der Waals surface area (Å²) in [5, 5.41) is 2.15. The summed E-state index contributed by atoms with van der Waals surface area (Å²) in [6, 6.07) is 14.0. The first-order chi connectivity index (χ1) is 10.8. The number of benzene rings is 2. The fourth-order valence-electron chi connectivity index (χ4n) is 3.13. The van der Waals surface area contributed by atoms with Gasteiger partial charge in [-0.05, 0) is 42.0 Å². The van der Waals surface area contributed by atoms with Crippen LogP contribution in [0.2, 0.25) is 0 Å². The van der Waals surface area contributed by atoms with Crippen LogP contribution in [0.25, 0.3) is 10.8 Å². The van der Waals surface area contributed by atoms with Crippen LogP contribution in [0.3, 0.4) is 0 Å². The van der Waals surface area contributed by atoms with Crippen LogP contribution in [0, 0.1) is 5.92 Å². The molecule has 116 valence electrons. The Bertz CT molecular complexity index is 641. The van der Waals surface area contributed by atoms with Gasteiger partial charge in [-0.2, -0.15) is 0 Å². The van der Waals surface area contributed by atoms with Crippen LogP contribution in [0.15, 0.2) is 42.5 Å². The number of rotatable bonds is 4. The van der Waals surface area contributed by atoms with Gasteiger partial charge >= 0.3 is 0 Å². The molecule has 2 aromatic carbocycles. The van der Waals surface area contributed by atoms with Crippen molar-refractivity contribution < 1.29 is 9.53 Å². The Morgan fingerprint density at radius 1 is 1.14 bits per heavy atom. The molecular formula is C19H23NO2.